The summed E-state index contributed by atoms with van der Waals surface area (Å²) >= 11 is 0. The minimum atomic E-state index is -0.0102. The third kappa shape index (κ3) is 4.78. The third-order valence-corrected chi connectivity index (χ3v) is 3.95. The predicted octanol–water partition coefficient (Wildman–Crippen LogP) is 1.04. The number of nitrogens with zero attached hydrogens (tertiary/aromatic N) is 1. The molecule has 1 aliphatic heterocycles. The topological polar surface area (TPSA) is 61.4 Å². The summed E-state index contributed by atoms with van der Waals surface area (Å²) < 4.78 is 0. The lowest BCUT2D eigenvalue weighted by Crippen LogP contribution is -2.51. The molecule has 2 rings (SSSR count). The van der Waals surface area contributed by atoms with Crippen LogP contribution in [0.4, 0.5) is 0 Å². The molecule has 1 saturated carbocycles. The maximum absolute atomic E-state index is 12.3. The van der Waals surface area contributed by atoms with E-state index in [0.717, 1.165) is 51.6 Å². The van der Waals surface area contributed by atoms with Crippen LogP contribution in [-0.2, 0) is 9.59 Å². The number of likely N-dealkylation sites (tertiary alicyclic amines) is 1. The molecule has 5 heteroatoms. The molecular formula is C15H27N3O2. The van der Waals surface area contributed by atoms with Crippen LogP contribution in [0.15, 0.2) is 0 Å². The van der Waals surface area contributed by atoms with Gasteiger partial charge in [0, 0.05) is 25.6 Å². The molecule has 0 aromatic carbocycles. The fourth-order valence-electron chi connectivity index (χ4n) is 2.63. The van der Waals surface area contributed by atoms with Gasteiger partial charge in [-0.2, -0.15) is 0 Å². The predicted molar refractivity (Wildman–Crippen MR) is 78.3 cm³/mol. The van der Waals surface area contributed by atoms with E-state index in [0.29, 0.717) is 19.0 Å². The summed E-state index contributed by atoms with van der Waals surface area (Å²) in [5.74, 6) is 0.352. The van der Waals surface area contributed by atoms with Crippen LogP contribution >= 0.6 is 0 Å². The second kappa shape index (κ2) is 7.62. The summed E-state index contributed by atoms with van der Waals surface area (Å²) in [5.41, 5.74) is 0. The van der Waals surface area contributed by atoms with Crippen molar-refractivity contribution in [2.45, 2.75) is 64.0 Å². The molecule has 0 radical (unpaired) electrons. The van der Waals surface area contributed by atoms with Gasteiger partial charge in [-0.3, -0.25) is 9.59 Å². The van der Waals surface area contributed by atoms with Crippen LogP contribution in [0.1, 0.15) is 51.9 Å². The molecule has 2 amide bonds. The first kappa shape index (κ1) is 15.3. The van der Waals surface area contributed by atoms with E-state index in [4.69, 9.17) is 0 Å². The van der Waals surface area contributed by atoms with Crippen molar-refractivity contribution in [3.63, 3.8) is 0 Å². The van der Waals surface area contributed by atoms with Crippen LogP contribution in [0.2, 0.25) is 0 Å². The molecule has 1 unspecified atom stereocenters. The Balaban J connectivity index is 1.65. The highest BCUT2D eigenvalue weighted by atomic mass is 16.2. The summed E-state index contributed by atoms with van der Waals surface area (Å²) in [7, 11) is 0. The number of hydrogen-bond acceptors (Lipinski definition) is 3. The lowest BCUT2D eigenvalue weighted by Gasteiger charge is -2.32. The van der Waals surface area contributed by atoms with Crippen LogP contribution in [0.5, 0.6) is 0 Å². The molecule has 5 nitrogen and oxygen atoms in total. The number of hydrogen-bond donors (Lipinski definition) is 2. The molecular weight excluding hydrogens is 254 g/mol. The first-order valence-corrected chi connectivity index (χ1v) is 8.02. The number of carbonyl (C=O) groups is 2. The minimum Gasteiger partial charge on any atom is -0.353 e. The van der Waals surface area contributed by atoms with Crippen LogP contribution in [0.3, 0.4) is 0 Å². The van der Waals surface area contributed by atoms with Gasteiger partial charge in [0.2, 0.25) is 11.8 Å². The summed E-state index contributed by atoms with van der Waals surface area (Å²) in [4.78, 5) is 25.8. The van der Waals surface area contributed by atoms with Crippen LogP contribution < -0.4 is 10.6 Å². The second-order valence-electron chi connectivity index (χ2n) is 5.92. The van der Waals surface area contributed by atoms with Gasteiger partial charge in [0.25, 0.3) is 0 Å². The molecule has 1 aliphatic carbocycles. The maximum atomic E-state index is 12.3. The molecule has 2 aliphatic rings. The van der Waals surface area contributed by atoms with Crippen molar-refractivity contribution < 1.29 is 9.59 Å². The fraction of sp³-hybridized carbons (Fsp3) is 0.867. The van der Waals surface area contributed by atoms with Gasteiger partial charge in [-0.25, -0.2) is 0 Å². The van der Waals surface area contributed by atoms with E-state index in [1.54, 1.807) is 0 Å². The lowest BCUT2D eigenvalue weighted by molar-refractivity contribution is -0.136. The van der Waals surface area contributed by atoms with Gasteiger partial charge >= 0.3 is 0 Å². The Hall–Kier alpha value is -1.10. The molecule has 0 spiro atoms. The zero-order valence-electron chi connectivity index (χ0n) is 12.5. The molecule has 0 aromatic heterocycles. The van der Waals surface area contributed by atoms with E-state index in [-0.39, 0.29) is 17.9 Å². The minimum absolute atomic E-state index is 0.0102. The highest BCUT2D eigenvalue weighted by Crippen LogP contribution is 2.19. The van der Waals surface area contributed by atoms with Crippen molar-refractivity contribution >= 4 is 11.8 Å². The standard InChI is InChI=1S/C15H27N3O2/c1-2-9-16-13-5-3-10-18(15(13)20)11-4-6-14(19)17-12-7-8-12/h12-13,16H,2-11H2,1H3,(H,17,19). The first-order valence-electron chi connectivity index (χ1n) is 8.02. The molecule has 2 N–H and O–H groups in total. The average Bonchev–Trinajstić information content (AvgIpc) is 3.23. The Morgan fingerprint density at radius 2 is 2.15 bits per heavy atom. The first-order chi connectivity index (χ1) is 9.70. The highest BCUT2D eigenvalue weighted by Gasteiger charge is 2.28. The van der Waals surface area contributed by atoms with E-state index in [1.807, 2.05) is 4.90 Å². The zero-order valence-corrected chi connectivity index (χ0v) is 12.5. The Bertz CT molecular complexity index is 342. The van der Waals surface area contributed by atoms with Gasteiger partial charge in [-0.05, 0) is 45.1 Å². The maximum Gasteiger partial charge on any atom is 0.239 e. The smallest absolute Gasteiger partial charge is 0.239 e. The SMILES string of the molecule is CCCNC1CCCN(CCCC(=O)NC2CC2)C1=O. The second-order valence-corrected chi connectivity index (χ2v) is 5.92. The van der Waals surface area contributed by atoms with Gasteiger partial charge in [-0.15, -0.1) is 0 Å². The molecule has 0 bridgehead atoms. The highest BCUT2D eigenvalue weighted by molar-refractivity contribution is 5.82. The molecule has 0 aromatic rings. The van der Waals surface area contributed by atoms with Crippen LogP contribution in [0, 0.1) is 0 Å². The van der Waals surface area contributed by atoms with E-state index in [9.17, 15) is 9.59 Å². The van der Waals surface area contributed by atoms with Gasteiger partial charge < -0.3 is 15.5 Å². The van der Waals surface area contributed by atoms with Crippen molar-refractivity contribution in [3.8, 4) is 0 Å². The van der Waals surface area contributed by atoms with E-state index < -0.39 is 0 Å². The fourth-order valence-corrected chi connectivity index (χ4v) is 2.63. The Labute approximate surface area is 121 Å². The monoisotopic (exact) mass is 281 g/mol. The van der Waals surface area contributed by atoms with Crippen molar-refractivity contribution in [2.24, 2.45) is 0 Å². The molecule has 114 valence electrons. The van der Waals surface area contributed by atoms with Crippen LogP contribution in [0.25, 0.3) is 0 Å². The van der Waals surface area contributed by atoms with Gasteiger partial charge in [0.05, 0.1) is 6.04 Å². The molecule has 1 saturated heterocycles. The van der Waals surface area contributed by atoms with Crippen molar-refractivity contribution in [3.05, 3.63) is 0 Å². The summed E-state index contributed by atoms with van der Waals surface area (Å²) in [5, 5.41) is 6.30. The number of rotatable bonds is 8. The molecule has 1 heterocycles. The van der Waals surface area contributed by atoms with Gasteiger partial charge in [-0.1, -0.05) is 6.92 Å². The van der Waals surface area contributed by atoms with Gasteiger partial charge in [0.1, 0.15) is 0 Å². The number of carbonyl (C=O) groups excluding carboxylic acids is 2. The zero-order chi connectivity index (χ0) is 14.4. The quantitative estimate of drug-likeness (QED) is 0.699. The lowest BCUT2D eigenvalue weighted by atomic mass is 10.0. The van der Waals surface area contributed by atoms with Crippen LogP contribution in [-0.4, -0.2) is 48.4 Å². The van der Waals surface area contributed by atoms with E-state index in [2.05, 4.69) is 17.6 Å². The molecule has 2 fully saturated rings. The molecule has 1 atom stereocenters. The average molecular weight is 281 g/mol. The third-order valence-electron chi connectivity index (χ3n) is 3.95. The number of nitrogens with one attached hydrogen (secondary N) is 2. The van der Waals surface area contributed by atoms with Crippen molar-refractivity contribution in [2.75, 3.05) is 19.6 Å². The Morgan fingerprint density at radius 3 is 2.85 bits per heavy atom. The summed E-state index contributed by atoms with van der Waals surface area (Å²) in [6.45, 7) is 4.55. The van der Waals surface area contributed by atoms with E-state index in [1.165, 1.54) is 0 Å². The van der Waals surface area contributed by atoms with E-state index >= 15 is 0 Å². The van der Waals surface area contributed by atoms with Gasteiger partial charge in [0.15, 0.2) is 0 Å². The summed E-state index contributed by atoms with van der Waals surface area (Å²) in [6.07, 6.45) is 6.60. The van der Waals surface area contributed by atoms with Crippen molar-refractivity contribution in [1.29, 1.82) is 0 Å². The van der Waals surface area contributed by atoms with Crippen molar-refractivity contribution in [1.82, 2.24) is 15.5 Å². The number of amides is 2. The Morgan fingerprint density at radius 1 is 1.35 bits per heavy atom. The Kier molecular flexibility index (Phi) is 5.83. The largest absolute Gasteiger partial charge is 0.353 e. The normalized spacial score (nSPS) is 22.9. The summed E-state index contributed by atoms with van der Waals surface area (Å²) in [6, 6.07) is 0.422. The molecule has 20 heavy (non-hydrogen) atoms. The number of piperidine rings is 1.